The molecule has 38 heavy (non-hydrogen) atoms. The number of benzene rings is 1. The lowest BCUT2D eigenvalue weighted by molar-refractivity contribution is -0.138. The molecule has 3 aromatic rings. The maximum atomic E-state index is 14.8. The van der Waals surface area contributed by atoms with E-state index in [1.807, 2.05) is 0 Å². The summed E-state index contributed by atoms with van der Waals surface area (Å²) in [6.07, 6.45) is -2.08. The van der Waals surface area contributed by atoms with Crippen LogP contribution in [0.1, 0.15) is 65.7 Å². The molecule has 11 heteroatoms. The molecular formula is C27H27F4N5O2. The van der Waals surface area contributed by atoms with Gasteiger partial charge in [-0.25, -0.2) is 18.2 Å². The number of aryl methyl sites for hydroxylation is 1. The summed E-state index contributed by atoms with van der Waals surface area (Å²) < 4.78 is 57.2. The fraction of sp³-hybridized carbons (Fsp3) is 0.407. The Hall–Kier alpha value is -3.76. The Morgan fingerprint density at radius 1 is 1.13 bits per heavy atom. The molecule has 2 aliphatic rings. The smallest absolute Gasteiger partial charge is 0.267 e. The molecule has 2 aromatic heterocycles. The lowest BCUT2D eigenvalue weighted by Gasteiger charge is -2.26. The Kier molecular flexibility index (Phi) is 7.18. The maximum absolute atomic E-state index is 14.8. The summed E-state index contributed by atoms with van der Waals surface area (Å²) in [6, 6.07) is 10.2. The number of amides is 2. The van der Waals surface area contributed by atoms with Crippen molar-refractivity contribution in [3.05, 3.63) is 82.7 Å². The highest BCUT2D eigenvalue weighted by Gasteiger charge is 2.41. The van der Waals surface area contributed by atoms with Gasteiger partial charge in [0.05, 0.1) is 36.0 Å². The van der Waals surface area contributed by atoms with Crippen LogP contribution in [-0.4, -0.2) is 50.2 Å². The Bertz CT molecular complexity index is 1330. The summed E-state index contributed by atoms with van der Waals surface area (Å²) in [5.74, 6) is -1.76. The van der Waals surface area contributed by atoms with E-state index >= 15 is 0 Å². The van der Waals surface area contributed by atoms with Crippen molar-refractivity contribution in [1.29, 1.82) is 0 Å². The van der Waals surface area contributed by atoms with Gasteiger partial charge in [-0.05, 0) is 30.4 Å². The highest BCUT2D eigenvalue weighted by atomic mass is 19.3. The van der Waals surface area contributed by atoms with Gasteiger partial charge in [-0.15, -0.1) is 0 Å². The minimum atomic E-state index is -2.83. The molecule has 1 saturated heterocycles. The van der Waals surface area contributed by atoms with E-state index in [0.717, 1.165) is 23.9 Å². The van der Waals surface area contributed by atoms with Crippen molar-refractivity contribution in [2.24, 2.45) is 7.05 Å². The fourth-order valence-electron chi connectivity index (χ4n) is 4.96. The molecule has 1 aromatic carbocycles. The summed E-state index contributed by atoms with van der Waals surface area (Å²) in [5, 5.41) is 6.76. The van der Waals surface area contributed by atoms with Crippen molar-refractivity contribution in [1.82, 2.24) is 25.0 Å². The van der Waals surface area contributed by atoms with Crippen LogP contribution in [0.25, 0.3) is 0 Å². The minimum absolute atomic E-state index is 0.119. The number of alkyl halides is 3. The van der Waals surface area contributed by atoms with E-state index in [1.54, 1.807) is 42.5 Å². The van der Waals surface area contributed by atoms with Crippen LogP contribution < -0.4 is 5.32 Å². The number of nitrogens with one attached hydrogen (secondary N) is 1. The van der Waals surface area contributed by atoms with Crippen LogP contribution in [0.15, 0.2) is 48.7 Å². The van der Waals surface area contributed by atoms with Gasteiger partial charge in [-0.2, -0.15) is 9.49 Å². The van der Waals surface area contributed by atoms with E-state index in [-0.39, 0.29) is 35.8 Å². The molecule has 3 atom stereocenters. The molecule has 5 rings (SSSR count). The summed E-state index contributed by atoms with van der Waals surface area (Å²) in [6.45, 7) is -0.341. The zero-order valence-corrected chi connectivity index (χ0v) is 20.7. The number of carbonyl (C=O) groups is 2. The molecule has 0 unspecified atom stereocenters. The molecule has 200 valence electrons. The molecule has 1 aliphatic carbocycles. The molecule has 0 bridgehead atoms. The fourth-order valence-corrected chi connectivity index (χ4v) is 4.96. The zero-order chi connectivity index (χ0) is 27.0. The number of likely N-dealkylation sites (tertiary alicyclic amines) is 1. The SMILES string of the molecule is Cn1cc(C(F)F)c(CC(=O)N2C[C@H](F)C[C@H]2C(=O)N[C@@H](c2ccccc2)c2ccc(C3CC3)c(F)n2)n1. The molecule has 2 fully saturated rings. The van der Waals surface area contributed by atoms with Crippen molar-refractivity contribution in [3.63, 3.8) is 0 Å². The number of hydrogen-bond donors (Lipinski definition) is 1. The van der Waals surface area contributed by atoms with Gasteiger partial charge in [0.25, 0.3) is 6.43 Å². The molecule has 0 spiro atoms. The first-order valence-corrected chi connectivity index (χ1v) is 12.5. The third kappa shape index (κ3) is 5.41. The second-order valence-corrected chi connectivity index (χ2v) is 9.82. The number of nitrogens with zero attached hydrogens (tertiary/aromatic N) is 4. The molecule has 3 heterocycles. The average Bonchev–Trinajstić information content (AvgIpc) is 3.55. The highest BCUT2D eigenvalue weighted by molar-refractivity contribution is 5.89. The van der Waals surface area contributed by atoms with Gasteiger partial charge in [0, 0.05) is 25.2 Å². The number of aromatic nitrogens is 3. The number of rotatable bonds is 8. The second kappa shape index (κ2) is 10.5. The van der Waals surface area contributed by atoms with Gasteiger partial charge in [0.1, 0.15) is 12.2 Å². The summed E-state index contributed by atoms with van der Waals surface area (Å²) in [5.41, 5.74) is 0.942. The zero-order valence-electron chi connectivity index (χ0n) is 20.7. The van der Waals surface area contributed by atoms with Crippen LogP contribution in [0, 0.1) is 5.95 Å². The molecule has 0 radical (unpaired) electrons. The normalized spacial score (nSPS) is 20.1. The minimum Gasteiger partial charge on any atom is -0.342 e. The molecule has 1 aliphatic heterocycles. The largest absolute Gasteiger partial charge is 0.342 e. The van der Waals surface area contributed by atoms with E-state index in [1.165, 1.54) is 11.7 Å². The lowest BCUT2D eigenvalue weighted by atomic mass is 10.0. The van der Waals surface area contributed by atoms with Gasteiger partial charge < -0.3 is 10.2 Å². The molecular weight excluding hydrogens is 502 g/mol. The van der Waals surface area contributed by atoms with Gasteiger partial charge >= 0.3 is 0 Å². The van der Waals surface area contributed by atoms with Gasteiger partial charge in [-0.1, -0.05) is 36.4 Å². The predicted octanol–water partition coefficient (Wildman–Crippen LogP) is 4.16. The van der Waals surface area contributed by atoms with E-state index < -0.39 is 48.9 Å². The van der Waals surface area contributed by atoms with Crippen LogP contribution >= 0.6 is 0 Å². The van der Waals surface area contributed by atoms with Crippen LogP contribution in [0.4, 0.5) is 17.6 Å². The van der Waals surface area contributed by atoms with E-state index in [0.29, 0.717) is 11.1 Å². The Morgan fingerprint density at radius 2 is 1.87 bits per heavy atom. The molecule has 2 amide bonds. The third-order valence-corrected chi connectivity index (χ3v) is 7.00. The van der Waals surface area contributed by atoms with E-state index in [9.17, 15) is 27.2 Å². The van der Waals surface area contributed by atoms with Crippen LogP contribution in [0.2, 0.25) is 0 Å². The maximum Gasteiger partial charge on any atom is 0.267 e. The first kappa shape index (κ1) is 25.9. The molecule has 1 N–H and O–H groups in total. The Labute approximate surface area is 216 Å². The highest BCUT2D eigenvalue weighted by Crippen LogP contribution is 2.41. The van der Waals surface area contributed by atoms with Gasteiger partial charge in [-0.3, -0.25) is 14.3 Å². The number of carbonyl (C=O) groups excluding carboxylic acids is 2. The first-order chi connectivity index (χ1) is 18.2. The van der Waals surface area contributed by atoms with E-state index in [2.05, 4.69) is 15.4 Å². The van der Waals surface area contributed by atoms with E-state index in [4.69, 9.17) is 0 Å². The number of halogens is 4. The second-order valence-electron chi connectivity index (χ2n) is 9.82. The Morgan fingerprint density at radius 3 is 2.53 bits per heavy atom. The van der Waals surface area contributed by atoms with Crippen molar-refractivity contribution >= 4 is 11.8 Å². The Balaban J connectivity index is 1.38. The van der Waals surface area contributed by atoms with Crippen LogP contribution in [0.5, 0.6) is 0 Å². The van der Waals surface area contributed by atoms with Crippen molar-refractivity contribution in [2.75, 3.05) is 6.54 Å². The van der Waals surface area contributed by atoms with Gasteiger partial charge in [0.15, 0.2) is 0 Å². The van der Waals surface area contributed by atoms with Crippen molar-refractivity contribution in [2.45, 2.75) is 56.3 Å². The van der Waals surface area contributed by atoms with Crippen LogP contribution in [-0.2, 0) is 23.1 Å². The number of hydrogen-bond acceptors (Lipinski definition) is 4. The quantitative estimate of drug-likeness (QED) is 0.351. The average molecular weight is 530 g/mol. The third-order valence-electron chi connectivity index (χ3n) is 7.00. The summed E-state index contributed by atoms with van der Waals surface area (Å²) in [7, 11) is 1.46. The van der Waals surface area contributed by atoms with Crippen LogP contribution in [0.3, 0.4) is 0 Å². The lowest BCUT2D eigenvalue weighted by Crippen LogP contribution is -2.47. The number of pyridine rings is 1. The first-order valence-electron chi connectivity index (χ1n) is 12.5. The topological polar surface area (TPSA) is 80.1 Å². The molecule has 7 nitrogen and oxygen atoms in total. The monoisotopic (exact) mass is 529 g/mol. The summed E-state index contributed by atoms with van der Waals surface area (Å²) >= 11 is 0. The van der Waals surface area contributed by atoms with Gasteiger partial charge in [0.2, 0.25) is 17.8 Å². The van der Waals surface area contributed by atoms with Crippen molar-refractivity contribution in [3.8, 4) is 0 Å². The standard InChI is InChI=1S/C27H27F4N5O2/c1-35-14-19(25(29)30)21(34-35)12-23(37)36-13-17(28)11-22(36)27(38)33-24(16-5-3-2-4-6-16)20-10-9-18(15-7-8-15)26(31)32-20/h2-6,9-10,14-15,17,22,24-25H,7-8,11-13H2,1H3,(H,33,38)/t17-,22+,24+/m1/s1. The molecule has 1 saturated carbocycles. The predicted molar refractivity (Wildman–Crippen MR) is 129 cm³/mol. The summed E-state index contributed by atoms with van der Waals surface area (Å²) in [4.78, 5) is 31.7. The van der Waals surface area contributed by atoms with Crippen molar-refractivity contribution < 1.29 is 27.2 Å².